The second-order valence-electron chi connectivity index (χ2n) is 12.4. The number of ketones is 2. The van der Waals surface area contributed by atoms with E-state index in [1.165, 1.54) is 12.2 Å². The molecule has 4 aliphatic carbocycles. The summed E-state index contributed by atoms with van der Waals surface area (Å²) in [5.41, 5.74) is -1.40. The van der Waals surface area contributed by atoms with E-state index in [4.69, 9.17) is 4.74 Å². The van der Waals surface area contributed by atoms with Gasteiger partial charge in [0.15, 0.2) is 11.6 Å². The SMILES string of the molecule is CC1CC2C3CC(F)C4=CC(=O)C=CC4(C)C3C(O)CC2(C)C1C(=O)COC(=O)C(C)(C)C. The van der Waals surface area contributed by atoms with Crippen molar-refractivity contribution in [3.8, 4) is 0 Å². The average Bonchev–Trinajstić information content (AvgIpc) is 2.96. The van der Waals surface area contributed by atoms with Crippen LogP contribution in [0, 0.1) is 45.8 Å². The quantitative estimate of drug-likeness (QED) is 0.638. The van der Waals surface area contributed by atoms with Crippen molar-refractivity contribution < 1.29 is 28.6 Å². The maximum atomic E-state index is 15.4. The zero-order chi connectivity index (χ0) is 24.5. The molecule has 0 aromatic carbocycles. The first kappa shape index (κ1) is 24.3. The molecule has 1 N–H and O–H groups in total. The van der Waals surface area contributed by atoms with Crippen LogP contribution in [-0.2, 0) is 19.1 Å². The van der Waals surface area contributed by atoms with Crippen molar-refractivity contribution in [2.24, 2.45) is 45.8 Å². The van der Waals surface area contributed by atoms with Crippen molar-refractivity contribution in [3.63, 3.8) is 0 Å². The standard InChI is InChI=1S/C27H37FO5/c1-14-9-17-16-11-19(28)18-10-15(29)7-8-26(18,5)23(16)20(30)12-27(17,6)22(14)21(31)13-33-24(32)25(2,3)4/h7-8,10,14,16-17,19-20,22-23,30H,9,11-13H2,1-6H3. The number of hydrogen-bond donors (Lipinski definition) is 1. The summed E-state index contributed by atoms with van der Waals surface area (Å²) in [7, 11) is 0. The molecule has 9 unspecified atom stereocenters. The molecule has 0 aromatic heterocycles. The number of aliphatic hydroxyl groups is 1. The van der Waals surface area contributed by atoms with Gasteiger partial charge in [-0.25, -0.2) is 4.39 Å². The van der Waals surface area contributed by atoms with Gasteiger partial charge >= 0.3 is 5.97 Å². The summed E-state index contributed by atoms with van der Waals surface area (Å²) in [6, 6.07) is 0. The van der Waals surface area contributed by atoms with E-state index in [9.17, 15) is 19.5 Å². The Hall–Kier alpha value is -1.82. The molecule has 6 heteroatoms. The number of esters is 1. The lowest BCUT2D eigenvalue weighted by atomic mass is 9.46. The molecule has 182 valence electrons. The molecule has 3 saturated carbocycles. The van der Waals surface area contributed by atoms with E-state index in [0.29, 0.717) is 12.0 Å². The molecule has 9 atom stereocenters. The number of aliphatic hydroxyl groups excluding tert-OH is 1. The van der Waals surface area contributed by atoms with Gasteiger partial charge < -0.3 is 9.84 Å². The Bertz CT molecular complexity index is 929. The number of hydrogen-bond acceptors (Lipinski definition) is 5. The number of halogens is 1. The first-order valence-corrected chi connectivity index (χ1v) is 12.2. The van der Waals surface area contributed by atoms with Crippen LogP contribution in [0.5, 0.6) is 0 Å². The largest absolute Gasteiger partial charge is 0.457 e. The topological polar surface area (TPSA) is 80.7 Å². The minimum absolute atomic E-state index is 0.0538. The minimum atomic E-state index is -1.24. The summed E-state index contributed by atoms with van der Waals surface area (Å²) in [6.07, 6.45) is 4.21. The zero-order valence-electron chi connectivity index (χ0n) is 20.6. The van der Waals surface area contributed by atoms with E-state index in [-0.39, 0.29) is 54.2 Å². The lowest BCUT2D eigenvalue weighted by Crippen LogP contribution is -2.58. The van der Waals surface area contributed by atoms with Crippen molar-refractivity contribution >= 4 is 17.5 Å². The molecule has 4 rings (SSSR count). The predicted octanol–water partition coefficient (Wildman–Crippen LogP) is 4.23. The Labute approximate surface area is 195 Å². The van der Waals surface area contributed by atoms with Gasteiger partial charge in [0.05, 0.1) is 11.5 Å². The molecule has 0 heterocycles. The summed E-state index contributed by atoms with van der Waals surface area (Å²) >= 11 is 0. The molecule has 0 aliphatic heterocycles. The van der Waals surface area contributed by atoms with E-state index in [1.807, 2.05) is 13.8 Å². The molecule has 0 amide bonds. The average molecular weight is 461 g/mol. The van der Waals surface area contributed by atoms with E-state index in [2.05, 4.69) is 6.92 Å². The smallest absolute Gasteiger partial charge is 0.311 e. The third kappa shape index (κ3) is 3.73. The van der Waals surface area contributed by atoms with Crippen molar-refractivity contribution in [1.82, 2.24) is 0 Å². The number of ether oxygens (including phenoxy) is 1. The molecule has 3 fully saturated rings. The van der Waals surface area contributed by atoms with Crippen LogP contribution in [-0.4, -0.2) is 41.5 Å². The summed E-state index contributed by atoms with van der Waals surface area (Å²) in [5, 5.41) is 11.4. The van der Waals surface area contributed by atoms with Crippen molar-refractivity contribution in [1.29, 1.82) is 0 Å². The molecular weight excluding hydrogens is 423 g/mol. The summed E-state index contributed by atoms with van der Waals surface area (Å²) in [6.45, 7) is 11.0. The first-order valence-electron chi connectivity index (χ1n) is 12.2. The Kier molecular flexibility index (Phi) is 5.79. The number of Topliss-reactive ketones (excluding diaryl/α,β-unsaturated/α-hetero) is 1. The highest BCUT2D eigenvalue weighted by atomic mass is 19.1. The monoisotopic (exact) mass is 460 g/mol. The summed E-state index contributed by atoms with van der Waals surface area (Å²) in [4.78, 5) is 37.5. The lowest BCUT2D eigenvalue weighted by Gasteiger charge is -2.59. The maximum absolute atomic E-state index is 15.4. The summed E-state index contributed by atoms with van der Waals surface area (Å²) in [5.74, 6) is -1.23. The highest BCUT2D eigenvalue weighted by molar-refractivity contribution is 6.01. The van der Waals surface area contributed by atoms with Gasteiger partial charge in [-0.05, 0) is 80.9 Å². The molecule has 0 saturated heterocycles. The molecule has 5 nitrogen and oxygen atoms in total. The Morgan fingerprint density at radius 1 is 1.24 bits per heavy atom. The molecule has 33 heavy (non-hydrogen) atoms. The third-order valence-electron chi connectivity index (χ3n) is 9.12. The van der Waals surface area contributed by atoms with Crippen molar-refractivity contribution in [2.75, 3.05) is 6.61 Å². The second-order valence-corrected chi connectivity index (χ2v) is 12.4. The van der Waals surface area contributed by atoms with Gasteiger partial charge in [0, 0.05) is 17.3 Å². The van der Waals surface area contributed by atoms with Gasteiger partial charge in [-0.2, -0.15) is 0 Å². The van der Waals surface area contributed by atoms with Gasteiger partial charge in [-0.3, -0.25) is 14.4 Å². The predicted molar refractivity (Wildman–Crippen MR) is 122 cm³/mol. The number of carbonyl (C=O) groups is 3. The molecule has 4 aliphatic rings. The van der Waals surface area contributed by atoms with Gasteiger partial charge in [0.1, 0.15) is 12.8 Å². The lowest BCUT2D eigenvalue weighted by molar-refractivity contribution is -0.160. The highest BCUT2D eigenvalue weighted by Gasteiger charge is 2.65. The number of carbonyl (C=O) groups excluding carboxylic acids is 3. The molecule has 0 aromatic rings. The van der Waals surface area contributed by atoms with E-state index in [1.54, 1.807) is 26.8 Å². The van der Waals surface area contributed by atoms with Crippen molar-refractivity contribution in [2.45, 2.75) is 73.1 Å². The fraction of sp³-hybridized carbons (Fsp3) is 0.741. The van der Waals surface area contributed by atoms with Crippen LogP contribution in [0.3, 0.4) is 0 Å². The maximum Gasteiger partial charge on any atom is 0.311 e. The van der Waals surface area contributed by atoms with Crippen LogP contribution < -0.4 is 0 Å². The van der Waals surface area contributed by atoms with Crippen LogP contribution in [0.25, 0.3) is 0 Å². The second kappa shape index (κ2) is 7.86. The van der Waals surface area contributed by atoms with Crippen LogP contribution >= 0.6 is 0 Å². The number of allylic oxidation sites excluding steroid dienone is 4. The third-order valence-corrected chi connectivity index (χ3v) is 9.12. The molecular formula is C27H37FO5. The van der Waals surface area contributed by atoms with Gasteiger partial charge in [0.2, 0.25) is 0 Å². The van der Waals surface area contributed by atoms with Gasteiger partial charge in [0.25, 0.3) is 0 Å². The highest BCUT2D eigenvalue weighted by Crippen LogP contribution is 2.67. The Morgan fingerprint density at radius 3 is 2.55 bits per heavy atom. The number of fused-ring (bicyclic) bond motifs is 5. The fourth-order valence-corrected chi connectivity index (χ4v) is 7.83. The molecule has 0 bridgehead atoms. The molecule has 0 radical (unpaired) electrons. The number of alkyl halides is 1. The van der Waals surface area contributed by atoms with Gasteiger partial charge in [-0.1, -0.05) is 26.8 Å². The van der Waals surface area contributed by atoms with E-state index >= 15 is 4.39 Å². The van der Waals surface area contributed by atoms with Crippen molar-refractivity contribution in [3.05, 3.63) is 23.8 Å². The minimum Gasteiger partial charge on any atom is -0.457 e. The normalized spacial score (nSPS) is 44.4. The van der Waals surface area contributed by atoms with Gasteiger partial charge in [-0.15, -0.1) is 0 Å². The molecule has 0 spiro atoms. The summed E-state index contributed by atoms with van der Waals surface area (Å²) < 4.78 is 20.8. The first-order chi connectivity index (χ1) is 15.2. The van der Waals surface area contributed by atoms with Crippen LogP contribution in [0.15, 0.2) is 23.8 Å². The zero-order valence-corrected chi connectivity index (χ0v) is 20.6. The van der Waals surface area contributed by atoms with E-state index < -0.39 is 34.5 Å². The Balaban J connectivity index is 1.62. The van der Waals surface area contributed by atoms with Crippen LogP contribution in [0.4, 0.5) is 4.39 Å². The fourth-order valence-electron chi connectivity index (χ4n) is 7.83. The number of rotatable bonds is 3. The van der Waals surface area contributed by atoms with Crippen LogP contribution in [0.1, 0.15) is 60.8 Å². The van der Waals surface area contributed by atoms with E-state index in [0.717, 1.165) is 6.42 Å². The van der Waals surface area contributed by atoms with Crippen LogP contribution in [0.2, 0.25) is 0 Å². The Morgan fingerprint density at radius 2 is 1.91 bits per heavy atom.